The minimum Gasteiger partial charge on any atom is -0.547 e. The van der Waals surface area contributed by atoms with E-state index in [2.05, 4.69) is 5.73 Å². The van der Waals surface area contributed by atoms with Gasteiger partial charge in [0.15, 0.2) is 0 Å². The number of hydrogen-bond donors (Lipinski definition) is 2. The first kappa shape index (κ1) is 7.90. The lowest BCUT2D eigenvalue weighted by Crippen LogP contribution is -2.38. The van der Waals surface area contributed by atoms with Gasteiger partial charge in [0.25, 0.3) is 0 Å². The summed E-state index contributed by atoms with van der Waals surface area (Å²) in [4.78, 5) is 19.6. The molecule has 0 bridgehead atoms. The highest BCUT2D eigenvalue weighted by Crippen LogP contribution is 1.85. The number of hydrogen-bond acceptors (Lipinski definition) is 4. The van der Waals surface area contributed by atoms with Crippen molar-refractivity contribution in [2.75, 3.05) is 0 Å². The van der Waals surface area contributed by atoms with Crippen LogP contribution < -0.4 is 10.8 Å². The number of aliphatic carboxylic acids is 1. The molecule has 0 spiro atoms. The molecular formula is C4H6NO4-. The lowest BCUT2D eigenvalue weighted by Gasteiger charge is -2.07. The highest BCUT2D eigenvalue weighted by Gasteiger charge is 2.07. The number of carbonyl (C=O) groups is 2. The Morgan fingerprint density at radius 1 is 1.67 bits per heavy atom. The fourth-order valence-corrected chi connectivity index (χ4v) is 0.274. The number of nitrogens with two attached hydrogens (primary N) is 1. The molecule has 0 heterocycles. The molecule has 5 heteroatoms. The van der Waals surface area contributed by atoms with Crippen molar-refractivity contribution in [2.24, 2.45) is 5.73 Å². The normalized spacial score (nSPS) is 12.6. The van der Waals surface area contributed by atoms with Crippen molar-refractivity contribution in [3.8, 4) is 0 Å². The maximum absolute atomic E-state index is 9.89. The summed E-state index contributed by atoms with van der Waals surface area (Å²) < 4.78 is 0. The van der Waals surface area contributed by atoms with Crippen molar-refractivity contribution in [3.63, 3.8) is 0 Å². The van der Waals surface area contributed by atoms with E-state index in [1.54, 1.807) is 0 Å². The van der Waals surface area contributed by atoms with Crippen LogP contribution in [0, 0.1) is 0 Å². The maximum atomic E-state index is 9.89. The van der Waals surface area contributed by atoms with E-state index in [0.717, 1.165) is 0 Å². The molecule has 1 atom stereocenters. The van der Waals surface area contributed by atoms with Crippen molar-refractivity contribution in [1.82, 2.24) is 0 Å². The van der Waals surface area contributed by atoms with Crippen LogP contribution in [0.4, 0.5) is 0 Å². The van der Waals surface area contributed by atoms with Gasteiger partial charge in [0, 0.05) is 0 Å². The summed E-state index contributed by atoms with van der Waals surface area (Å²) in [5, 5.41) is 18.0. The summed E-state index contributed by atoms with van der Waals surface area (Å²) in [7, 11) is 0. The van der Waals surface area contributed by atoms with E-state index in [0.29, 0.717) is 0 Å². The lowest BCUT2D eigenvalue weighted by atomic mass is 10.2. The number of carboxylic acids is 1. The van der Waals surface area contributed by atoms with Gasteiger partial charge in [-0.25, -0.2) is 0 Å². The van der Waals surface area contributed by atoms with Gasteiger partial charge in [-0.1, -0.05) is 0 Å². The van der Waals surface area contributed by atoms with Crippen molar-refractivity contribution in [2.45, 2.75) is 12.5 Å². The van der Waals surface area contributed by atoms with Crippen LogP contribution in [0.5, 0.6) is 0 Å². The average Bonchev–Trinajstić information content (AvgIpc) is 1.63. The van der Waals surface area contributed by atoms with Crippen LogP contribution in [0.15, 0.2) is 0 Å². The van der Waals surface area contributed by atoms with Gasteiger partial charge < -0.3 is 20.7 Å². The summed E-state index contributed by atoms with van der Waals surface area (Å²) in [6, 6.07) is 0. The topological polar surface area (TPSA) is 103 Å². The maximum Gasteiger partial charge on any atom is 0.220 e. The number of aliphatic hydroxyl groups excluding tert-OH is 1. The molecule has 3 N–H and O–H groups in total. The molecule has 0 aliphatic carbocycles. The van der Waals surface area contributed by atoms with E-state index in [1.807, 2.05) is 0 Å². The molecule has 0 saturated carbocycles. The fraction of sp³-hybridized carbons (Fsp3) is 0.500. The molecule has 0 aromatic heterocycles. The monoisotopic (exact) mass is 132 g/mol. The van der Waals surface area contributed by atoms with Crippen LogP contribution in [0.1, 0.15) is 6.42 Å². The Kier molecular flexibility index (Phi) is 2.66. The molecular weight excluding hydrogens is 126 g/mol. The average molecular weight is 132 g/mol. The van der Waals surface area contributed by atoms with E-state index in [1.165, 1.54) is 0 Å². The van der Waals surface area contributed by atoms with Crippen LogP contribution >= 0.6 is 0 Å². The van der Waals surface area contributed by atoms with Crippen molar-refractivity contribution >= 4 is 11.9 Å². The molecule has 0 aliphatic heterocycles. The number of carbonyl (C=O) groups excluding carboxylic acids is 2. The zero-order valence-electron chi connectivity index (χ0n) is 4.53. The second kappa shape index (κ2) is 3.03. The molecule has 52 valence electrons. The minimum atomic E-state index is -1.78. The Hall–Kier alpha value is -1.10. The number of rotatable bonds is 3. The standard InChI is InChI=1S/C4H7NO4/c5-3(7)1-2(6)4(8)9/h2,6H,1H2,(H2,5,7)(H,8,9)/p-1. The molecule has 1 amide bonds. The van der Waals surface area contributed by atoms with Crippen LogP contribution in [-0.4, -0.2) is 23.1 Å². The first-order valence-corrected chi connectivity index (χ1v) is 2.21. The Morgan fingerprint density at radius 3 is 2.22 bits per heavy atom. The molecule has 9 heavy (non-hydrogen) atoms. The molecule has 1 unspecified atom stereocenters. The number of primary amides is 1. The second-order valence-corrected chi connectivity index (χ2v) is 1.51. The molecule has 0 fully saturated rings. The fourth-order valence-electron chi connectivity index (χ4n) is 0.274. The first-order chi connectivity index (χ1) is 4.04. The van der Waals surface area contributed by atoms with Gasteiger partial charge >= 0.3 is 0 Å². The van der Waals surface area contributed by atoms with E-state index in [-0.39, 0.29) is 0 Å². The van der Waals surface area contributed by atoms with E-state index in [9.17, 15) is 14.7 Å². The zero-order chi connectivity index (χ0) is 7.44. The van der Waals surface area contributed by atoms with Gasteiger partial charge in [0.05, 0.1) is 12.4 Å². The summed E-state index contributed by atoms with van der Waals surface area (Å²) in [6.07, 6.45) is -2.37. The quantitative estimate of drug-likeness (QED) is 0.426. The highest BCUT2D eigenvalue weighted by molar-refractivity contribution is 5.81. The minimum absolute atomic E-state index is 0.595. The predicted molar refractivity (Wildman–Crippen MR) is 24.8 cm³/mol. The van der Waals surface area contributed by atoms with Crippen molar-refractivity contribution < 1.29 is 19.8 Å². The smallest absolute Gasteiger partial charge is 0.220 e. The summed E-state index contributed by atoms with van der Waals surface area (Å²) in [5.74, 6) is -2.56. The van der Waals surface area contributed by atoms with E-state index in [4.69, 9.17) is 5.11 Å². The summed E-state index contributed by atoms with van der Waals surface area (Å²) in [6.45, 7) is 0. The third kappa shape index (κ3) is 3.48. The molecule has 0 aromatic carbocycles. The van der Waals surface area contributed by atoms with Gasteiger partial charge in [0.1, 0.15) is 6.10 Å². The Bertz CT molecular complexity index is 133. The van der Waals surface area contributed by atoms with Gasteiger partial charge in [-0.2, -0.15) is 0 Å². The molecule has 0 rings (SSSR count). The lowest BCUT2D eigenvalue weighted by molar-refractivity contribution is -0.314. The van der Waals surface area contributed by atoms with Crippen molar-refractivity contribution in [3.05, 3.63) is 0 Å². The van der Waals surface area contributed by atoms with Crippen LogP contribution in [0.25, 0.3) is 0 Å². The van der Waals surface area contributed by atoms with Gasteiger partial charge in [-0.15, -0.1) is 0 Å². The Balaban J connectivity index is 3.63. The first-order valence-electron chi connectivity index (χ1n) is 2.21. The zero-order valence-corrected chi connectivity index (χ0v) is 4.53. The van der Waals surface area contributed by atoms with Crippen LogP contribution in [0.2, 0.25) is 0 Å². The largest absolute Gasteiger partial charge is 0.547 e. The number of amides is 1. The molecule has 0 aliphatic rings. The van der Waals surface area contributed by atoms with Gasteiger partial charge in [0.2, 0.25) is 5.91 Å². The molecule has 0 radical (unpaired) electrons. The molecule has 0 saturated heterocycles. The Labute approximate surface area is 51.1 Å². The SMILES string of the molecule is NC(=O)CC(O)C(=O)[O-]. The number of carboxylic acid groups (broad SMARTS) is 1. The highest BCUT2D eigenvalue weighted by atomic mass is 16.4. The molecule has 5 nitrogen and oxygen atoms in total. The van der Waals surface area contributed by atoms with Gasteiger partial charge in [-0.3, -0.25) is 4.79 Å². The summed E-state index contributed by atoms with van der Waals surface area (Å²) >= 11 is 0. The predicted octanol–water partition coefficient (Wildman–Crippen LogP) is -3.03. The molecule has 0 aromatic rings. The Morgan fingerprint density at radius 2 is 2.11 bits per heavy atom. The third-order valence-corrected chi connectivity index (χ3v) is 0.667. The third-order valence-electron chi connectivity index (χ3n) is 0.667. The van der Waals surface area contributed by atoms with Crippen LogP contribution in [-0.2, 0) is 9.59 Å². The summed E-state index contributed by atoms with van der Waals surface area (Å²) in [5.41, 5.74) is 4.54. The van der Waals surface area contributed by atoms with E-state index < -0.39 is 24.4 Å². The van der Waals surface area contributed by atoms with Crippen molar-refractivity contribution in [1.29, 1.82) is 0 Å². The van der Waals surface area contributed by atoms with Crippen LogP contribution in [0.3, 0.4) is 0 Å². The van der Waals surface area contributed by atoms with E-state index >= 15 is 0 Å². The van der Waals surface area contributed by atoms with Gasteiger partial charge in [-0.05, 0) is 0 Å². The second-order valence-electron chi connectivity index (χ2n) is 1.51. The number of aliphatic hydroxyl groups is 1.